The second-order valence-corrected chi connectivity index (χ2v) is 8.06. The van der Waals surface area contributed by atoms with Crippen molar-refractivity contribution in [2.45, 2.75) is 58.3 Å². The predicted molar refractivity (Wildman–Crippen MR) is 117 cm³/mol. The molecule has 156 valence electrons. The van der Waals surface area contributed by atoms with Crippen molar-refractivity contribution < 1.29 is 4.79 Å². The maximum absolute atomic E-state index is 10.4. The first kappa shape index (κ1) is 22.4. The number of carbonyl (C=O) groups is 1. The Bertz CT molecular complexity index is 600. The molecule has 3 aliphatic carbocycles. The Labute approximate surface area is 170 Å². The molecule has 28 heavy (non-hydrogen) atoms. The number of hydrogen-bond donors (Lipinski definition) is 4. The van der Waals surface area contributed by atoms with Gasteiger partial charge in [-0.25, -0.2) is 0 Å². The van der Waals surface area contributed by atoms with Gasteiger partial charge in [-0.1, -0.05) is 56.1 Å². The van der Waals surface area contributed by atoms with Crippen LogP contribution < -0.4 is 21.9 Å². The van der Waals surface area contributed by atoms with Gasteiger partial charge in [0, 0.05) is 19.3 Å². The van der Waals surface area contributed by atoms with E-state index in [1.807, 2.05) is 13.1 Å². The molecule has 1 saturated carbocycles. The molecule has 0 bridgehead atoms. The SMILES string of the molecule is C1=CCCC(C2CCCCC2)=C1.CNC1=C(NC=O)C=CC(C(C)CNN)C1. The van der Waals surface area contributed by atoms with Crippen molar-refractivity contribution in [1.82, 2.24) is 16.1 Å². The van der Waals surface area contributed by atoms with Crippen LogP contribution >= 0.6 is 0 Å². The molecule has 0 aromatic rings. The molecule has 0 aromatic carbocycles. The highest BCUT2D eigenvalue weighted by Gasteiger charge is 2.20. The van der Waals surface area contributed by atoms with Crippen molar-refractivity contribution in [3.63, 3.8) is 0 Å². The van der Waals surface area contributed by atoms with Crippen molar-refractivity contribution >= 4 is 6.41 Å². The topological polar surface area (TPSA) is 79.2 Å². The molecule has 0 saturated heterocycles. The number of amides is 1. The van der Waals surface area contributed by atoms with Crippen LogP contribution in [0.1, 0.15) is 58.3 Å². The molecule has 0 spiro atoms. The van der Waals surface area contributed by atoms with Gasteiger partial charge in [0.25, 0.3) is 0 Å². The molecule has 3 aliphatic rings. The third kappa shape index (κ3) is 6.95. The lowest BCUT2D eigenvalue weighted by atomic mass is 9.81. The summed E-state index contributed by atoms with van der Waals surface area (Å²) in [5.74, 6) is 7.17. The van der Waals surface area contributed by atoms with Crippen molar-refractivity contribution in [2.75, 3.05) is 13.6 Å². The van der Waals surface area contributed by atoms with Gasteiger partial charge in [0.1, 0.15) is 0 Å². The van der Waals surface area contributed by atoms with Crippen LogP contribution in [0.4, 0.5) is 0 Å². The fraction of sp³-hybridized carbons (Fsp3) is 0.609. The van der Waals surface area contributed by atoms with Gasteiger partial charge in [-0.2, -0.15) is 0 Å². The summed E-state index contributed by atoms with van der Waals surface area (Å²) < 4.78 is 0. The molecular formula is C23H38N4O. The first-order chi connectivity index (χ1) is 13.7. The standard InChI is InChI=1S/C12H18.C11H20N4O/c1-3-7-11(8-4-1)12-9-5-2-6-10-12;1-8(6-15-12)9-3-4-10(14-7-16)11(5-9)13-2/h1,3,7,12H,2,4-6,8-10H2;3-4,7-9,13,15H,5-6,12H2,1-2H3,(H,14,16). The van der Waals surface area contributed by atoms with E-state index in [4.69, 9.17) is 5.84 Å². The Morgan fingerprint density at radius 3 is 2.68 bits per heavy atom. The van der Waals surface area contributed by atoms with Gasteiger partial charge in [0.15, 0.2) is 0 Å². The second kappa shape index (κ2) is 12.6. The van der Waals surface area contributed by atoms with Gasteiger partial charge in [0.2, 0.25) is 6.41 Å². The fourth-order valence-corrected chi connectivity index (χ4v) is 4.33. The lowest BCUT2D eigenvalue weighted by molar-refractivity contribution is -0.108. The summed E-state index contributed by atoms with van der Waals surface area (Å²) in [6.07, 6.45) is 22.5. The molecule has 0 aromatic heterocycles. The normalized spacial score (nSPS) is 23.4. The number of carbonyl (C=O) groups excluding carboxylic acids is 1. The van der Waals surface area contributed by atoms with Crippen LogP contribution in [0.15, 0.2) is 47.3 Å². The number of rotatable bonds is 7. The largest absolute Gasteiger partial charge is 0.390 e. The second-order valence-electron chi connectivity index (χ2n) is 8.06. The van der Waals surface area contributed by atoms with Gasteiger partial charge in [-0.3, -0.25) is 16.1 Å². The number of nitrogens with two attached hydrogens (primary N) is 1. The van der Waals surface area contributed by atoms with Gasteiger partial charge in [-0.05, 0) is 55.9 Å². The summed E-state index contributed by atoms with van der Waals surface area (Å²) in [5, 5.41) is 5.81. The first-order valence-electron chi connectivity index (χ1n) is 10.8. The van der Waals surface area contributed by atoms with E-state index in [1.54, 1.807) is 5.57 Å². The molecule has 0 radical (unpaired) electrons. The Morgan fingerprint density at radius 2 is 2.07 bits per heavy atom. The highest BCUT2D eigenvalue weighted by molar-refractivity contribution is 5.53. The number of allylic oxidation sites excluding steroid dienone is 7. The molecule has 0 heterocycles. The zero-order chi connectivity index (χ0) is 20.2. The molecule has 2 unspecified atom stereocenters. The molecular weight excluding hydrogens is 348 g/mol. The predicted octanol–water partition coefficient (Wildman–Crippen LogP) is 3.68. The Morgan fingerprint density at radius 1 is 1.29 bits per heavy atom. The van der Waals surface area contributed by atoms with E-state index in [-0.39, 0.29) is 0 Å². The van der Waals surface area contributed by atoms with E-state index < -0.39 is 0 Å². The van der Waals surface area contributed by atoms with Gasteiger partial charge in [0.05, 0.1) is 5.70 Å². The van der Waals surface area contributed by atoms with E-state index in [1.165, 1.54) is 44.9 Å². The summed E-state index contributed by atoms with van der Waals surface area (Å²) >= 11 is 0. The molecule has 2 atom stereocenters. The van der Waals surface area contributed by atoms with E-state index in [0.717, 1.165) is 30.3 Å². The fourth-order valence-electron chi connectivity index (χ4n) is 4.33. The summed E-state index contributed by atoms with van der Waals surface area (Å²) in [5.41, 5.74) is 6.33. The van der Waals surface area contributed by atoms with Crippen molar-refractivity contribution in [3.05, 3.63) is 47.3 Å². The minimum atomic E-state index is 0.440. The van der Waals surface area contributed by atoms with E-state index in [2.05, 4.69) is 47.3 Å². The summed E-state index contributed by atoms with van der Waals surface area (Å²) in [4.78, 5) is 10.4. The van der Waals surface area contributed by atoms with Crippen LogP contribution in [0.25, 0.3) is 0 Å². The third-order valence-electron chi connectivity index (χ3n) is 6.14. The third-order valence-corrected chi connectivity index (χ3v) is 6.14. The van der Waals surface area contributed by atoms with Crippen molar-refractivity contribution in [2.24, 2.45) is 23.6 Å². The molecule has 5 nitrogen and oxygen atoms in total. The molecule has 3 rings (SSSR count). The van der Waals surface area contributed by atoms with Gasteiger partial charge < -0.3 is 10.6 Å². The summed E-state index contributed by atoms with van der Waals surface area (Å²) in [7, 11) is 1.86. The first-order valence-corrected chi connectivity index (χ1v) is 10.8. The molecule has 0 aliphatic heterocycles. The Kier molecular flexibility index (Phi) is 10.1. The van der Waals surface area contributed by atoms with E-state index in [9.17, 15) is 4.79 Å². The van der Waals surface area contributed by atoms with Crippen LogP contribution in [0.2, 0.25) is 0 Å². The zero-order valence-corrected chi connectivity index (χ0v) is 17.5. The molecule has 5 heteroatoms. The van der Waals surface area contributed by atoms with Crippen LogP contribution in [-0.2, 0) is 4.79 Å². The Balaban J connectivity index is 0.000000207. The lowest BCUT2D eigenvalue weighted by Crippen LogP contribution is -2.32. The van der Waals surface area contributed by atoms with Gasteiger partial charge >= 0.3 is 0 Å². The highest BCUT2D eigenvalue weighted by atomic mass is 16.1. The summed E-state index contributed by atoms with van der Waals surface area (Å²) in [6, 6.07) is 0. The minimum absolute atomic E-state index is 0.440. The van der Waals surface area contributed by atoms with Crippen LogP contribution in [0, 0.1) is 17.8 Å². The molecule has 1 fully saturated rings. The zero-order valence-electron chi connectivity index (χ0n) is 17.5. The smallest absolute Gasteiger partial charge is 0.211 e. The Hall–Kier alpha value is -1.85. The van der Waals surface area contributed by atoms with Crippen LogP contribution in [-0.4, -0.2) is 20.0 Å². The molecule has 5 N–H and O–H groups in total. The van der Waals surface area contributed by atoms with Crippen LogP contribution in [0.5, 0.6) is 0 Å². The minimum Gasteiger partial charge on any atom is -0.390 e. The van der Waals surface area contributed by atoms with E-state index in [0.29, 0.717) is 18.2 Å². The quantitative estimate of drug-likeness (QED) is 0.306. The van der Waals surface area contributed by atoms with Crippen molar-refractivity contribution in [1.29, 1.82) is 0 Å². The van der Waals surface area contributed by atoms with Gasteiger partial charge in [-0.15, -0.1) is 0 Å². The average molecular weight is 387 g/mol. The van der Waals surface area contributed by atoms with E-state index >= 15 is 0 Å². The number of nitrogens with one attached hydrogen (secondary N) is 3. The summed E-state index contributed by atoms with van der Waals surface area (Å²) in [6.45, 7) is 2.93. The lowest BCUT2D eigenvalue weighted by Gasteiger charge is -2.26. The number of hydrogen-bond acceptors (Lipinski definition) is 4. The highest BCUT2D eigenvalue weighted by Crippen LogP contribution is 2.33. The monoisotopic (exact) mass is 386 g/mol. The molecule has 1 amide bonds. The maximum Gasteiger partial charge on any atom is 0.211 e. The number of hydrazine groups is 1. The average Bonchev–Trinajstić information content (AvgIpc) is 2.76. The van der Waals surface area contributed by atoms with Crippen molar-refractivity contribution in [3.8, 4) is 0 Å². The maximum atomic E-state index is 10.4. The van der Waals surface area contributed by atoms with Crippen LogP contribution in [0.3, 0.4) is 0 Å².